The van der Waals surface area contributed by atoms with Crippen LogP contribution in [0.15, 0.2) is 48.5 Å². The molecule has 0 radical (unpaired) electrons. The highest BCUT2D eigenvalue weighted by atomic mass is 32.1. The Morgan fingerprint density at radius 1 is 1.04 bits per heavy atom. The number of rotatable bonds is 8. The minimum absolute atomic E-state index is 0.0277. The third-order valence-electron chi connectivity index (χ3n) is 4.05. The van der Waals surface area contributed by atoms with Crippen molar-refractivity contribution in [3.8, 4) is 0 Å². The molecule has 6 nitrogen and oxygen atoms in total. The molecular weight excluding hydrogens is 376 g/mol. The summed E-state index contributed by atoms with van der Waals surface area (Å²) in [5.41, 5.74) is 1.81. The normalized spacial score (nSPS) is 10.6. The number of Topliss-reactive ketones (excluding diaryl/α,β-unsaturated/α-hetero) is 1. The van der Waals surface area contributed by atoms with E-state index in [4.69, 9.17) is 4.74 Å². The van der Waals surface area contributed by atoms with E-state index >= 15 is 0 Å². The fourth-order valence-electron chi connectivity index (χ4n) is 2.68. The second kappa shape index (κ2) is 9.23. The largest absolute Gasteiger partial charge is 0.462 e. The number of nitrogens with zero attached hydrogens (tertiary/aromatic N) is 1. The Bertz CT molecular complexity index is 998. The second-order valence-electron chi connectivity index (χ2n) is 6.11. The van der Waals surface area contributed by atoms with Gasteiger partial charge in [-0.2, -0.15) is 0 Å². The molecular formula is C21H20N2O4S. The highest BCUT2D eigenvalue weighted by Gasteiger charge is 2.12. The zero-order chi connectivity index (χ0) is 19.9. The average Bonchev–Trinajstić information content (AvgIpc) is 3.10. The smallest absolute Gasteiger partial charge is 0.338 e. The van der Waals surface area contributed by atoms with Gasteiger partial charge in [0.05, 0.1) is 22.4 Å². The van der Waals surface area contributed by atoms with Crippen molar-refractivity contribution in [2.24, 2.45) is 0 Å². The zero-order valence-electron chi connectivity index (χ0n) is 15.4. The van der Waals surface area contributed by atoms with E-state index in [1.165, 1.54) is 11.3 Å². The predicted molar refractivity (Wildman–Crippen MR) is 109 cm³/mol. The second-order valence-corrected chi connectivity index (χ2v) is 7.14. The van der Waals surface area contributed by atoms with Crippen LogP contribution in [-0.4, -0.2) is 29.3 Å². The maximum atomic E-state index is 12.1. The topological polar surface area (TPSA) is 85.4 Å². The number of ether oxygens (including phenoxy) is 1. The van der Waals surface area contributed by atoms with Crippen molar-refractivity contribution in [1.82, 2.24) is 4.98 Å². The van der Waals surface area contributed by atoms with Crippen LogP contribution < -0.4 is 5.32 Å². The van der Waals surface area contributed by atoms with Crippen LogP contribution in [0.2, 0.25) is 0 Å². The summed E-state index contributed by atoms with van der Waals surface area (Å²) in [6.45, 7) is 2.07. The van der Waals surface area contributed by atoms with Crippen molar-refractivity contribution >= 4 is 44.3 Å². The first-order valence-corrected chi connectivity index (χ1v) is 9.84. The summed E-state index contributed by atoms with van der Waals surface area (Å²) in [5.74, 6) is -0.545. The first-order chi connectivity index (χ1) is 13.6. The van der Waals surface area contributed by atoms with Crippen molar-refractivity contribution in [2.75, 3.05) is 11.9 Å². The number of carbonyl (C=O) groups excluding carboxylic acids is 3. The molecule has 0 bridgehead atoms. The molecule has 1 amide bonds. The van der Waals surface area contributed by atoms with Crippen LogP contribution in [0.1, 0.15) is 46.9 Å². The van der Waals surface area contributed by atoms with Gasteiger partial charge in [-0.3, -0.25) is 9.59 Å². The Morgan fingerprint density at radius 3 is 2.57 bits per heavy atom. The lowest BCUT2D eigenvalue weighted by Gasteiger charge is -2.02. The lowest BCUT2D eigenvalue weighted by atomic mass is 10.1. The first-order valence-electron chi connectivity index (χ1n) is 9.02. The Morgan fingerprint density at radius 2 is 1.82 bits per heavy atom. The van der Waals surface area contributed by atoms with Crippen molar-refractivity contribution < 1.29 is 19.1 Å². The predicted octanol–water partition coefficient (Wildman–Crippen LogP) is 4.46. The van der Waals surface area contributed by atoms with E-state index in [0.29, 0.717) is 41.2 Å². The van der Waals surface area contributed by atoms with Gasteiger partial charge in [-0.25, -0.2) is 9.78 Å². The van der Waals surface area contributed by atoms with E-state index in [1.807, 2.05) is 18.2 Å². The van der Waals surface area contributed by atoms with E-state index in [9.17, 15) is 14.4 Å². The van der Waals surface area contributed by atoms with Gasteiger partial charge in [-0.1, -0.05) is 41.7 Å². The number of ketones is 1. The Labute approximate surface area is 166 Å². The first kappa shape index (κ1) is 19.7. The molecule has 0 saturated heterocycles. The molecule has 0 fully saturated rings. The maximum Gasteiger partial charge on any atom is 0.338 e. The lowest BCUT2D eigenvalue weighted by molar-refractivity contribution is -0.116. The number of fused-ring (bicyclic) bond motifs is 1. The molecule has 0 aliphatic carbocycles. The number of amides is 1. The molecule has 7 heteroatoms. The van der Waals surface area contributed by atoms with Gasteiger partial charge in [0.25, 0.3) is 0 Å². The van der Waals surface area contributed by atoms with Gasteiger partial charge in [-0.05, 0) is 31.5 Å². The fraction of sp³-hybridized carbons (Fsp3) is 0.238. The number of hydrogen-bond acceptors (Lipinski definition) is 6. The summed E-state index contributed by atoms with van der Waals surface area (Å²) in [6, 6.07) is 14.1. The number of esters is 1. The van der Waals surface area contributed by atoms with Gasteiger partial charge in [0.2, 0.25) is 5.91 Å². The van der Waals surface area contributed by atoms with E-state index in [1.54, 1.807) is 37.3 Å². The molecule has 1 N–H and O–H groups in total. The molecule has 0 unspecified atom stereocenters. The number of benzene rings is 2. The molecule has 0 aliphatic rings. The quantitative estimate of drug-likeness (QED) is 0.449. The fourth-order valence-corrected chi connectivity index (χ4v) is 3.60. The van der Waals surface area contributed by atoms with Crippen molar-refractivity contribution in [3.05, 3.63) is 59.7 Å². The monoisotopic (exact) mass is 396 g/mol. The molecule has 3 aromatic rings. The molecule has 2 aromatic carbocycles. The standard InChI is InChI=1S/C21H20N2O4S/c1-2-27-20(26)15-11-12-16-18(13-15)28-21(22-16)23-19(25)10-6-9-17(24)14-7-4-3-5-8-14/h3-5,7-8,11-13H,2,6,9-10H2,1H3,(H,22,23,25). The van der Waals surface area contributed by atoms with E-state index < -0.39 is 0 Å². The van der Waals surface area contributed by atoms with Crippen LogP contribution in [0.3, 0.4) is 0 Å². The number of thiazole rings is 1. The summed E-state index contributed by atoms with van der Waals surface area (Å²) in [6.07, 6.45) is 1.03. The van der Waals surface area contributed by atoms with Crippen LogP contribution in [0.5, 0.6) is 0 Å². The van der Waals surface area contributed by atoms with Crippen molar-refractivity contribution in [3.63, 3.8) is 0 Å². The van der Waals surface area contributed by atoms with Gasteiger partial charge >= 0.3 is 5.97 Å². The van der Waals surface area contributed by atoms with Gasteiger partial charge < -0.3 is 10.1 Å². The maximum absolute atomic E-state index is 12.1. The highest BCUT2D eigenvalue weighted by molar-refractivity contribution is 7.22. The molecule has 0 aliphatic heterocycles. The highest BCUT2D eigenvalue weighted by Crippen LogP contribution is 2.27. The van der Waals surface area contributed by atoms with Crippen LogP contribution in [0.4, 0.5) is 5.13 Å². The van der Waals surface area contributed by atoms with E-state index in [-0.39, 0.29) is 24.1 Å². The molecule has 1 heterocycles. The lowest BCUT2D eigenvalue weighted by Crippen LogP contribution is -2.11. The van der Waals surface area contributed by atoms with Gasteiger partial charge in [0, 0.05) is 18.4 Å². The Balaban J connectivity index is 1.54. The molecule has 0 spiro atoms. The van der Waals surface area contributed by atoms with Crippen LogP contribution in [0, 0.1) is 0 Å². The summed E-state index contributed by atoms with van der Waals surface area (Å²) in [4.78, 5) is 40.4. The van der Waals surface area contributed by atoms with Crippen LogP contribution in [0.25, 0.3) is 10.2 Å². The molecule has 144 valence electrons. The molecule has 0 saturated carbocycles. The minimum atomic E-state index is -0.383. The van der Waals surface area contributed by atoms with Crippen LogP contribution in [-0.2, 0) is 9.53 Å². The van der Waals surface area contributed by atoms with Gasteiger partial charge in [0.15, 0.2) is 10.9 Å². The third kappa shape index (κ3) is 5.01. The summed E-state index contributed by atoms with van der Waals surface area (Å²) >= 11 is 1.29. The number of carbonyl (C=O) groups is 3. The Hall–Kier alpha value is -3.06. The average molecular weight is 396 g/mol. The van der Waals surface area contributed by atoms with Crippen molar-refractivity contribution in [2.45, 2.75) is 26.2 Å². The number of nitrogens with one attached hydrogen (secondary N) is 1. The third-order valence-corrected chi connectivity index (χ3v) is 4.98. The minimum Gasteiger partial charge on any atom is -0.462 e. The SMILES string of the molecule is CCOC(=O)c1ccc2nc(NC(=O)CCCC(=O)c3ccccc3)sc2c1. The summed E-state index contributed by atoms with van der Waals surface area (Å²) in [7, 11) is 0. The van der Waals surface area contributed by atoms with Crippen molar-refractivity contribution in [1.29, 1.82) is 0 Å². The Kier molecular flexibility index (Phi) is 6.49. The molecule has 1 aromatic heterocycles. The molecule has 0 atom stereocenters. The van der Waals surface area contributed by atoms with Gasteiger partial charge in [0.1, 0.15) is 0 Å². The number of anilines is 1. The van der Waals surface area contributed by atoms with Crippen LogP contribution >= 0.6 is 11.3 Å². The summed E-state index contributed by atoms with van der Waals surface area (Å²) < 4.78 is 5.78. The number of aromatic nitrogens is 1. The van der Waals surface area contributed by atoms with E-state index in [0.717, 1.165) is 4.70 Å². The molecule has 28 heavy (non-hydrogen) atoms. The van der Waals surface area contributed by atoms with E-state index in [2.05, 4.69) is 10.3 Å². The molecule has 3 rings (SSSR count). The van der Waals surface area contributed by atoms with Gasteiger partial charge in [-0.15, -0.1) is 0 Å². The zero-order valence-corrected chi connectivity index (χ0v) is 16.3. The summed E-state index contributed by atoms with van der Waals surface area (Å²) in [5, 5.41) is 3.23. The number of hydrogen-bond donors (Lipinski definition) is 1.